The first kappa shape index (κ1) is 14.3. The third kappa shape index (κ3) is 2.87. The second-order valence-electron chi connectivity index (χ2n) is 5.09. The molecule has 0 atom stereocenters. The van der Waals surface area contributed by atoms with Gasteiger partial charge >= 0.3 is 0 Å². The van der Waals surface area contributed by atoms with Crippen molar-refractivity contribution in [3.63, 3.8) is 0 Å². The average Bonchev–Trinajstić information content (AvgIpc) is 2.87. The van der Waals surface area contributed by atoms with Crippen LogP contribution in [0.2, 0.25) is 0 Å². The van der Waals surface area contributed by atoms with Crippen LogP contribution in [0, 0.1) is 5.82 Å². The molecule has 0 saturated heterocycles. The molecule has 2 N–H and O–H groups in total. The summed E-state index contributed by atoms with van der Waals surface area (Å²) in [6, 6.07) is 13.6. The average molecular weight is 347 g/mol. The predicted octanol–water partition coefficient (Wildman–Crippen LogP) is 4.09. The molecule has 0 saturated carbocycles. The Morgan fingerprint density at radius 2 is 2.00 bits per heavy atom. The Bertz CT molecular complexity index is 780. The standard InChI is InChI=1S/C17H16BrFN2/c18-17-14(2-1-3-15(17)19)11-21-9-7-13-10-12(6-8-20)4-5-16(13)21/h1-5,7,9-10H,6,8,11,20H2. The van der Waals surface area contributed by atoms with Gasteiger partial charge in [-0.25, -0.2) is 4.39 Å². The summed E-state index contributed by atoms with van der Waals surface area (Å²) in [6.45, 7) is 1.29. The maximum Gasteiger partial charge on any atom is 0.137 e. The zero-order valence-corrected chi connectivity index (χ0v) is 13.1. The summed E-state index contributed by atoms with van der Waals surface area (Å²) >= 11 is 3.32. The molecule has 1 heterocycles. The Labute approximate surface area is 131 Å². The van der Waals surface area contributed by atoms with E-state index in [4.69, 9.17) is 5.73 Å². The molecule has 0 fully saturated rings. The fraction of sp³-hybridized carbons (Fsp3) is 0.176. The lowest BCUT2D eigenvalue weighted by molar-refractivity contribution is 0.616. The molecule has 0 aliphatic carbocycles. The van der Waals surface area contributed by atoms with Crippen LogP contribution in [0.15, 0.2) is 53.1 Å². The van der Waals surface area contributed by atoms with Crippen LogP contribution in [-0.2, 0) is 13.0 Å². The predicted molar refractivity (Wildman–Crippen MR) is 87.9 cm³/mol. The maximum absolute atomic E-state index is 13.6. The molecule has 0 aliphatic rings. The highest BCUT2D eigenvalue weighted by Gasteiger charge is 2.08. The SMILES string of the molecule is NCCc1ccc2c(ccn2Cc2cccc(F)c2Br)c1. The van der Waals surface area contributed by atoms with Crippen molar-refractivity contribution >= 4 is 26.8 Å². The molecule has 0 unspecified atom stereocenters. The van der Waals surface area contributed by atoms with E-state index in [9.17, 15) is 4.39 Å². The van der Waals surface area contributed by atoms with Crippen molar-refractivity contribution in [2.24, 2.45) is 5.73 Å². The summed E-state index contributed by atoms with van der Waals surface area (Å²) < 4.78 is 16.3. The minimum absolute atomic E-state index is 0.228. The van der Waals surface area contributed by atoms with Crippen molar-refractivity contribution in [1.29, 1.82) is 0 Å². The highest BCUT2D eigenvalue weighted by molar-refractivity contribution is 9.10. The van der Waals surface area contributed by atoms with Crippen LogP contribution in [-0.4, -0.2) is 11.1 Å². The number of hydrogen-bond donors (Lipinski definition) is 1. The minimum Gasteiger partial charge on any atom is -0.343 e. The van der Waals surface area contributed by atoms with E-state index in [0.29, 0.717) is 17.6 Å². The Hall–Kier alpha value is -1.65. The highest BCUT2D eigenvalue weighted by Crippen LogP contribution is 2.24. The molecule has 0 radical (unpaired) electrons. The third-order valence-electron chi connectivity index (χ3n) is 3.64. The Balaban J connectivity index is 1.96. The molecule has 2 aromatic carbocycles. The summed E-state index contributed by atoms with van der Waals surface area (Å²) in [6.07, 6.45) is 2.92. The van der Waals surface area contributed by atoms with Crippen LogP contribution in [0.25, 0.3) is 10.9 Å². The van der Waals surface area contributed by atoms with Gasteiger partial charge < -0.3 is 10.3 Å². The van der Waals surface area contributed by atoms with Gasteiger partial charge in [0.1, 0.15) is 5.82 Å². The second kappa shape index (κ2) is 6.00. The van der Waals surface area contributed by atoms with Crippen LogP contribution < -0.4 is 5.73 Å². The van der Waals surface area contributed by atoms with E-state index in [0.717, 1.165) is 17.5 Å². The molecule has 0 bridgehead atoms. The van der Waals surface area contributed by atoms with Crippen molar-refractivity contribution in [2.75, 3.05) is 6.54 Å². The van der Waals surface area contributed by atoms with Crippen molar-refractivity contribution in [2.45, 2.75) is 13.0 Å². The van der Waals surface area contributed by atoms with Crippen LogP contribution in [0.3, 0.4) is 0 Å². The number of fused-ring (bicyclic) bond motifs is 1. The number of benzene rings is 2. The summed E-state index contributed by atoms with van der Waals surface area (Å²) in [5, 5.41) is 1.19. The number of rotatable bonds is 4. The Morgan fingerprint density at radius 3 is 2.81 bits per heavy atom. The summed E-state index contributed by atoms with van der Waals surface area (Å²) in [5.41, 5.74) is 8.92. The Kier molecular flexibility index (Phi) is 4.08. The van der Waals surface area contributed by atoms with Crippen molar-refractivity contribution in [1.82, 2.24) is 4.57 Å². The monoisotopic (exact) mass is 346 g/mol. The van der Waals surface area contributed by atoms with E-state index in [-0.39, 0.29) is 5.82 Å². The minimum atomic E-state index is -0.228. The lowest BCUT2D eigenvalue weighted by Gasteiger charge is -2.09. The molecule has 0 spiro atoms. The summed E-state index contributed by atoms with van der Waals surface area (Å²) in [4.78, 5) is 0. The van der Waals surface area contributed by atoms with Gasteiger partial charge in [0.05, 0.1) is 4.47 Å². The lowest BCUT2D eigenvalue weighted by atomic mass is 10.1. The highest BCUT2D eigenvalue weighted by atomic mass is 79.9. The summed E-state index contributed by atoms with van der Waals surface area (Å²) in [5.74, 6) is -0.228. The smallest absolute Gasteiger partial charge is 0.137 e. The number of halogens is 2. The van der Waals surface area contributed by atoms with Gasteiger partial charge in [-0.05, 0) is 69.7 Å². The molecule has 0 amide bonds. The molecular weight excluding hydrogens is 331 g/mol. The molecule has 2 nitrogen and oxygen atoms in total. The first-order valence-electron chi connectivity index (χ1n) is 6.90. The fourth-order valence-electron chi connectivity index (χ4n) is 2.56. The molecular formula is C17H16BrFN2. The summed E-state index contributed by atoms with van der Waals surface area (Å²) in [7, 11) is 0. The van der Waals surface area contributed by atoms with Crippen LogP contribution in [0.1, 0.15) is 11.1 Å². The van der Waals surface area contributed by atoms with E-state index in [2.05, 4.69) is 44.8 Å². The van der Waals surface area contributed by atoms with E-state index < -0.39 is 0 Å². The van der Waals surface area contributed by atoms with Gasteiger partial charge in [0.2, 0.25) is 0 Å². The van der Waals surface area contributed by atoms with Gasteiger partial charge in [-0.2, -0.15) is 0 Å². The number of aromatic nitrogens is 1. The van der Waals surface area contributed by atoms with Crippen molar-refractivity contribution < 1.29 is 4.39 Å². The van der Waals surface area contributed by atoms with Crippen molar-refractivity contribution in [3.05, 3.63) is 70.1 Å². The lowest BCUT2D eigenvalue weighted by Crippen LogP contribution is -2.03. The van der Waals surface area contributed by atoms with E-state index in [1.165, 1.54) is 17.0 Å². The van der Waals surface area contributed by atoms with Crippen LogP contribution in [0.5, 0.6) is 0 Å². The molecule has 3 rings (SSSR count). The molecule has 0 aliphatic heterocycles. The van der Waals surface area contributed by atoms with Gasteiger partial charge in [-0.15, -0.1) is 0 Å². The largest absolute Gasteiger partial charge is 0.343 e. The third-order valence-corrected chi connectivity index (χ3v) is 4.53. The molecule has 1 aromatic heterocycles. The Morgan fingerprint density at radius 1 is 1.14 bits per heavy atom. The molecule has 21 heavy (non-hydrogen) atoms. The van der Waals surface area contributed by atoms with Crippen molar-refractivity contribution in [3.8, 4) is 0 Å². The second-order valence-corrected chi connectivity index (χ2v) is 5.88. The topological polar surface area (TPSA) is 30.9 Å². The fourth-order valence-corrected chi connectivity index (χ4v) is 2.95. The quantitative estimate of drug-likeness (QED) is 0.757. The van der Waals surface area contributed by atoms with Gasteiger partial charge in [0.25, 0.3) is 0 Å². The van der Waals surface area contributed by atoms with Gasteiger partial charge in [-0.3, -0.25) is 0 Å². The molecule has 108 valence electrons. The van der Waals surface area contributed by atoms with Gasteiger partial charge in [0.15, 0.2) is 0 Å². The zero-order chi connectivity index (χ0) is 14.8. The van der Waals surface area contributed by atoms with Gasteiger partial charge in [-0.1, -0.05) is 18.2 Å². The number of hydrogen-bond acceptors (Lipinski definition) is 1. The van der Waals surface area contributed by atoms with Gasteiger partial charge in [0, 0.05) is 18.3 Å². The first-order valence-corrected chi connectivity index (χ1v) is 7.69. The number of nitrogens with two attached hydrogens (primary N) is 1. The van der Waals surface area contributed by atoms with Crippen LogP contribution >= 0.6 is 15.9 Å². The van der Waals surface area contributed by atoms with E-state index in [1.54, 1.807) is 6.07 Å². The normalized spacial score (nSPS) is 11.2. The maximum atomic E-state index is 13.6. The number of nitrogens with zero attached hydrogens (tertiary/aromatic N) is 1. The molecule has 3 aromatic rings. The van der Waals surface area contributed by atoms with E-state index >= 15 is 0 Å². The molecule has 4 heteroatoms. The zero-order valence-electron chi connectivity index (χ0n) is 11.5. The van der Waals surface area contributed by atoms with Crippen LogP contribution in [0.4, 0.5) is 4.39 Å². The van der Waals surface area contributed by atoms with E-state index in [1.807, 2.05) is 12.3 Å². The first-order chi connectivity index (χ1) is 10.2.